The highest BCUT2D eigenvalue weighted by Crippen LogP contribution is 2.03. The Morgan fingerprint density at radius 3 is 2.53 bits per heavy atom. The number of hydrogen-bond acceptors (Lipinski definition) is 6. The second kappa shape index (κ2) is 11.3. The number of esters is 1. The first-order valence-electron chi connectivity index (χ1n) is 5.83. The highest BCUT2D eigenvalue weighted by molar-refractivity contribution is 7.98. The molecule has 0 aliphatic rings. The third-order valence-electron chi connectivity index (χ3n) is 2.33. The topological polar surface area (TPSA) is 102 Å². The third kappa shape index (κ3) is 8.30. The highest BCUT2D eigenvalue weighted by Gasteiger charge is 2.25. The molecule has 19 heavy (non-hydrogen) atoms. The molecule has 0 aromatic rings. The fourth-order valence-corrected chi connectivity index (χ4v) is 1.74. The van der Waals surface area contributed by atoms with Crippen LogP contribution in [0.2, 0.25) is 0 Å². The number of nitrogens with one attached hydrogen (secondary N) is 1. The van der Waals surface area contributed by atoms with Crippen LogP contribution in [0.1, 0.15) is 20.3 Å². The zero-order chi connectivity index (χ0) is 14.1. The molecule has 1 unspecified atom stereocenters. The molecule has 6 nitrogen and oxygen atoms in total. The monoisotopic (exact) mass is 314 g/mol. The molecule has 0 spiro atoms. The van der Waals surface area contributed by atoms with Gasteiger partial charge in [-0.15, -0.1) is 12.4 Å². The summed E-state index contributed by atoms with van der Waals surface area (Å²) < 4.78 is 4.74. The second-order valence-corrected chi connectivity index (χ2v) is 4.86. The van der Waals surface area contributed by atoms with Crippen LogP contribution in [0.3, 0.4) is 0 Å². The summed E-state index contributed by atoms with van der Waals surface area (Å²) >= 11 is 1.59. The van der Waals surface area contributed by atoms with Gasteiger partial charge in [-0.3, -0.25) is 4.79 Å². The van der Waals surface area contributed by atoms with Crippen LogP contribution < -0.4 is 11.1 Å². The van der Waals surface area contributed by atoms with Gasteiger partial charge in [-0.2, -0.15) is 11.8 Å². The number of carbonyl (C=O) groups excluding carboxylic acids is 2. The second-order valence-electron chi connectivity index (χ2n) is 3.87. The summed E-state index contributed by atoms with van der Waals surface area (Å²) in [6, 6.07) is -1.42. The van der Waals surface area contributed by atoms with Crippen molar-refractivity contribution in [3.05, 3.63) is 0 Å². The van der Waals surface area contributed by atoms with Crippen LogP contribution in [0.25, 0.3) is 0 Å². The van der Waals surface area contributed by atoms with Crippen LogP contribution in [0, 0.1) is 0 Å². The number of hydrogen-bond donors (Lipinski definition) is 3. The van der Waals surface area contributed by atoms with Crippen molar-refractivity contribution in [2.75, 3.05) is 18.6 Å². The Morgan fingerprint density at radius 1 is 1.47 bits per heavy atom. The molecule has 0 saturated carbocycles. The Bertz CT molecular complexity index is 281. The lowest BCUT2D eigenvalue weighted by Gasteiger charge is -2.20. The lowest BCUT2D eigenvalue weighted by atomic mass is 10.1. The number of rotatable bonds is 8. The molecule has 3 atom stereocenters. The molecule has 0 rings (SSSR count). The quantitative estimate of drug-likeness (QED) is 0.542. The highest BCUT2D eigenvalue weighted by atomic mass is 35.5. The van der Waals surface area contributed by atoms with E-state index in [0.717, 1.165) is 5.75 Å². The normalized spacial score (nSPS) is 14.8. The molecule has 114 valence electrons. The Balaban J connectivity index is 0. The van der Waals surface area contributed by atoms with E-state index in [1.807, 2.05) is 6.26 Å². The minimum Gasteiger partial charge on any atom is -0.464 e. The van der Waals surface area contributed by atoms with Gasteiger partial charge in [0.25, 0.3) is 5.91 Å². The average Bonchev–Trinajstić information content (AvgIpc) is 2.34. The summed E-state index contributed by atoms with van der Waals surface area (Å²) in [5, 5.41) is 12.0. The minimum absolute atomic E-state index is 0. The standard InChI is InChI=1S/C11H22N2O4S.ClH/c1-4-17-11(16)7(2)13-10(15)9(14)8(12)5-6-18-3;/h7-9,14H,4-6,12H2,1-3H3,(H,13,15);1H/t7-,8+,9?;/m0./s1. The van der Waals surface area contributed by atoms with E-state index in [1.165, 1.54) is 6.92 Å². The molecule has 0 heterocycles. The number of halogens is 1. The van der Waals surface area contributed by atoms with Gasteiger partial charge in [0.15, 0.2) is 0 Å². The van der Waals surface area contributed by atoms with Crippen LogP contribution in [-0.2, 0) is 14.3 Å². The zero-order valence-electron chi connectivity index (χ0n) is 11.4. The molecule has 0 saturated heterocycles. The summed E-state index contributed by atoms with van der Waals surface area (Å²) in [4.78, 5) is 22.9. The SMILES string of the molecule is CCOC(=O)[C@H](C)NC(=O)C(O)[C@H](N)CCSC.Cl. The maximum Gasteiger partial charge on any atom is 0.328 e. The fourth-order valence-electron chi connectivity index (χ4n) is 1.23. The number of aliphatic hydroxyl groups is 1. The minimum atomic E-state index is -1.31. The lowest BCUT2D eigenvalue weighted by molar-refractivity contribution is -0.148. The Hall–Kier alpha value is -0.500. The molecule has 0 fully saturated rings. The number of carbonyl (C=O) groups is 2. The lowest BCUT2D eigenvalue weighted by Crippen LogP contribution is -2.50. The van der Waals surface area contributed by atoms with Crippen LogP contribution in [0.4, 0.5) is 0 Å². The van der Waals surface area contributed by atoms with Gasteiger partial charge in [0.2, 0.25) is 0 Å². The van der Waals surface area contributed by atoms with Crippen molar-refractivity contribution in [2.24, 2.45) is 5.73 Å². The van der Waals surface area contributed by atoms with E-state index in [-0.39, 0.29) is 19.0 Å². The predicted octanol–water partition coefficient (Wildman–Crippen LogP) is -0.0827. The first kappa shape index (κ1) is 20.8. The van der Waals surface area contributed by atoms with E-state index in [9.17, 15) is 14.7 Å². The van der Waals surface area contributed by atoms with Crippen molar-refractivity contribution in [1.29, 1.82) is 0 Å². The van der Waals surface area contributed by atoms with Crippen LogP contribution in [0.15, 0.2) is 0 Å². The van der Waals surface area contributed by atoms with Gasteiger partial charge in [0, 0.05) is 6.04 Å². The molecular formula is C11H23ClN2O4S. The van der Waals surface area contributed by atoms with Crippen molar-refractivity contribution in [1.82, 2.24) is 5.32 Å². The predicted molar refractivity (Wildman–Crippen MR) is 78.5 cm³/mol. The number of aliphatic hydroxyl groups excluding tert-OH is 1. The summed E-state index contributed by atoms with van der Waals surface area (Å²) in [5.41, 5.74) is 5.67. The Kier molecular flexibility index (Phi) is 12.4. The van der Waals surface area contributed by atoms with Crippen LogP contribution >= 0.6 is 24.2 Å². The largest absolute Gasteiger partial charge is 0.464 e. The van der Waals surface area contributed by atoms with Crippen molar-refractivity contribution in [3.63, 3.8) is 0 Å². The van der Waals surface area contributed by atoms with Gasteiger partial charge in [-0.25, -0.2) is 4.79 Å². The smallest absolute Gasteiger partial charge is 0.328 e. The van der Waals surface area contributed by atoms with E-state index in [2.05, 4.69) is 5.32 Å². The third-order valence-corrected chi connectivity index (χ3v) is 2.97. The molecule has 1 amide bonds. The summed E-state index contributed by atoms with van der Waals surface area (Å²) in [6.07, 6.45) is 1.14. The van der Waals surface area contributed by atoms with Crippen molar-refractivity contribution in [3.8, 4) is 0 Å². The first-order valence-corrected chi connectivity index (χ1v) is 7.23. The van der Waals surface area contributed by atoms with E-state index in [0.29, 0.717) is 6.42 Å². The van der Waals surface area contributed by atoms with E-state index < -0.39 is 30.1 Å². The number of amides is 1. The van der Waals surface area contributed by atoms with Gasteiger partial charge < -0.3 is 20.9 Å². The summed E-state index contributed by atoms with van der Waals surface area (Å²) in [6.45, 7) is 3.42. The number of nitrogens with two attached hydrogens (primary N) is 1. The molecule has 0 aliphatic carbocycles. The van der Waals surface area contributed by atoms with E-state index in [1.54, 1.807) is 18.7 Å². The molecule has 0 bridgehead atoms. The number of thioether (sulfide) groups is 1. The summed E-state index contributed by atoms with van der Waals surface area (Å²) in [7, 11) is 0. The van der Waals surface area contributed by atoms with E-state index >= 15 is 0 Å². The van der Waals surface area contributed by atoms with Crippen molar-refractivity contribution >= 4 is 36.0 Å². The van der Waals surface area contributed by atoms with Crippen LogP contribution in [0.5, 0.6) is 0 Å². The number of ether oxygens (including phenoxy) is 1. The maximum atomic E-state index is 11.6. The molecule has 0 aliphatic heterocycles. The van der Waals surface area contributed by atoms with Gasteiger partial charge in [0.1, 0.15) is 12.1 Å². The van der Waals surface area contributed by atoms with Crippen molar-refractivity contribution < 1.29 is 19.4 Å². The van der Waals surface area contributed by atoms with Gasteiger partial charge in [-0.1, -0.05) is 0 Å². The average molecular weight is 315 g/mol. The van der Waals surface area contributed by atoms with Crippen LogP contribution in [-0.4, -0.2) is 53.8 Å². The Morgan fingerprint density at radius 2 is 2.05 bits per heavy atom. The molecule has 0 radical (unpaired) electrons. The molecule has 0 aromatic carbocycles. The van der Waals surface area contributed by atoms with Gasteiger partial charge in [-0.05, 0) is 32.3 Å². The molecular weight excluding hydrogens is 292 g/mol. The maximum absolute atomic E-state index is 11.6. The molecule has 4 N–H and O–H groups in total. The van der Waals surface area contributed by atoms with Gasteiger partial charge in [0.05, 0.1) is 6.61 Å². The first-order chi connectivity index (χ1) is 8.43. The fraction of sp³-hybridized carbons (Fsp3) is 0.818. The zero-order valence-corrected chi connectivity index (χ0v) is 13.1. The molecule has 0 aromatic heterocycles. The Labute approximate surface area is 124 Å². The molecule has 8 heteroatoms. The van der Waals surface area contributed by atoms with Crippen molar-refractivity contribution in [2.45, 2.75) is 38.5 Å². The van der Waals surface area contributed by atoms with Gasteiger partial charge >= 0.3 is 5.97 Å². The van der Waals surface area contributed by atoms with E-state index in [4.69, 9.17) is 10.5 Å². The summed E-state index contributed by atoms with van der Waals surface area (Å²) in [5.74, 6) is -0.418.